The van der Waals surface area contributed by atoms with Crippen molar-refractivity contribution in [2.75, 3.05) is 64.8 Å². The number of hydrogen-bond donors (Lipinski definition) is 2. The first-order chi connectivity index (χ1) is 15.6. The van der Waals surface area contributed by atoms with Gasteiger partial charge in [0.05, 0.1) is 6.04 Å². The average molecular weight is 566 g/mol. The van der Waals surface area contributed by atoms with Crippen LogP contribution in [-0.4, -0.2) is 80.7 Å². The van der Waals surface area contributed by atoms with Crippen LogP contribution >= 0.6 is 24.0 Å². The van der Waals surface area contributed by atoms with Gasteiger partial charge in [0.15, 0.2) is 5.96 Å². The average Bonchev–Trinajstić information content (AvgIpc) is 2.85. The Morgan fingerprint density at radius 1 is 1.03 bits per heavy atom. The van der Waals surface area contributed by atoms with Crippen molar-refractivity contribution < 1.29 is 0 Å². The molecule has 0 saturated carbocycles. The number of piperazine rings is 1. The molecule has 1 saturated heterocycles. The molecule has 0 radical (unpaired) electrons. The van der Waals surface area contributed by atoms with E-state index in [9.17, 15) is 0 Å². The molecule has 1 atom stereocenters. The highest BCUT2D eigenvalue weighted by Gasteiger charge is 2.18. The Bertz CT molecular complexity index is 816. The van der Waals surface area contributed by atoms with Gasteiger partial charge < -0.3 is 20.4 Å². The third kappa shape index (κ3) is 8.12. The van der Waals surface area contributed by atoms with Gasteiger partial charge in [0, 0.05) is 52.5 Å². The number of anilines is 1. The molecule has 3 rings (SSSR count). The Morgan fingerprint density at radius 2 is 1.73 bits per heavy atom. The first-order valence-corrected chi connectivity index (χ1v) is 11.8. The van der Waals surface area contributed by atoms with Gasteiger partial charge in [-0.3, -0.25) is 9.89 Å². The molecule has 1 aliphatic heterocycles. The molecular weight excluding hydrogens is 525 g/mol. The number of hydrogen-bond acceptors (Lipinski definition) is 5. The van der Waals surface area contributed by atoms with Crippen molar-refractivity contribution in [1.82, 2.24) is 25.4 Å². The molecule has 0 spiro atoms. The van der Waals surface area contributed by atoms with E-state index in [1.807, 2.05) is 13.2 Å². The van der Waals surface area contributed by atoms with Gasteiger partial charge in [0.2, 0.25) is 0 Å². The number of guanidine groups is 1. The van der Waals surface area contributed by atoms with E-state index in [1.165, 1.54) is 5.56 Å². The summed E-state index contributed by atoms with van der Waals surface area (Å²) in [6, 6.07) is 15.3. The Balaban J connectivity index is 0.00000385. The normalized spacial score (nSPS) is 15.8. The molecule has 7 nitrogen and oxygen atoms in total. The van der Waals surface area contributed by atoms with Gasteiger partial charge in [-0.1, -0.05) is 50.2 Å². The van der Waals surface area contributed by atoms with Gasteiger partial charge in [-0.25, -0.2) is 4.98 Å². The topological polar surface area (TPSA) is 59.0 Å². The van der Waals surface area contributed by atoms with Crippen LogP contribution in [0.2, 0.25) is 0 Å². The van der Waals surface area contributed by atoms with Crippen molar-refractivity contribution in [2.45, 2.75) is 26.4 Å². The lowest BCUT2D eigenvalue weighted by Crippen LogP contribution is -2.44. The third-order valence-electron chi connectivity index (χ3n) is 6.22. The van der Waals surface area contributed by atoms with E-state index >= 15 is 0 Å². The zero-order valence-corrected chi connectivity index (χ0v) is 22.8. The number of pyridine rings is 1. The summed E-state index contributed by atoms with van der Waals surface area (Å²) in [7, 11) is 3.99. The fraction of sp³-hybridized carbons (Fsp3) is 0.520. The monoisotopic (exact) mass is 565 g/mol. The highest BCUT2D eigenvalue weighted by Crippen LogP contribution is 2.19. The number of aliphatic imine (C=N–C) groups is 1. The van der Waals surface area contributed by atoms with E-state index in [0.717, 1.165) is 63.2 Å². The Hall–Kier alpha value is -1.91. The van der Waals surface area contributed by atoms with Crippen molar-refractivity contribution in [2.24, 2.45) is 4.99 Å². The molecule has 1 aliphatic rings. The first-order valence-electron chi connectivity index (χ1n) is 11.8. The van der Waals surface area contributed by atoms with Gasteiger partial charge in [-0.2, -0.15) is 0 Å². The summed E-state index contributed by atoms with van der Waals surface area (Å²) in [5.41, 5.74) is 2.47. The minimum Gasteiger partial charge on any atom is -0.354 e. The summed E-state index contributed by atoms with van der Waals surface area (Å²) in [6.45, 7) is 12.2. The minimum absolute atomic E-state index is 0. The largest absolute Gasteiger partial charge is 0.354 e. The Kier molecular flexibility index (Phi) is 11.9. The summed E-state index contributed by atoms with van der Waals surface area (Å²) in [5, 5.41) is 6.95. The van der Waals surface area contributed by atoms with Gasteiger partial charge in [-0.05, 0) is 37.3 Å². The predicted molar refractivity (Wildman–Crippen MR) is 150 cm³/mol. The number of halogens is 1. The van der Waals surface area contributed by atoms with E-state index in [-0.39, 0.29) is 24.0 Å². The van der Waals surface area contributed by atoms with E-state index in [2.05, 4.69) is 93.7 Å². The zero-order valence-electron chi connectivity index (χ0n) is 20.5. The summed E-state index contributed by atoms with van der Waals surface area (Å²) in [4.78, 5) is 16.3. The van der Waals surface area contributed by atoms with Crippen LogP contribution in [0.4, 0.5) is 5.82 Å². The number of nitrogens with zero attached hydrogens (tertiary/aromatic N) is 5. The fourth-order valence-electron chi connectivity index (χ4n) is 4.14. The lowest BCUT2D eigenvalue weighted by molar-refractivity contribution is 0.219. The molecule has 1 fully saturated rings. The summed E-state index contributed by atoms with van der Waals surface area (Å²) >= 11 is 0. The lowest BCUT2D eigenvalue weighted by atomic mass is 10.1. The second-order valence-electron chi connectivity index (χ2n) is 8.27. The van der Waals surface area contributed by atoms with Gasteiger partial charge in [-0.15, -0.1) is 24.0 Å². The van der Waals surface area contributed by atoms with Gasteiger partial charge >= 0.3 is 0 Å². The maximum absolute atomic E-state index is 4.69. The molecular formula is C25H40IN7. The highest BCUT2D eigenvalue weighted by molar-refractivity contribution is 14.0. The molecule has 2 N–H and O–H groups in total. The number of rotatable bonds is 9. The molecule has 33 heavy (non-hydrogen) atoms. The van der Waals surface area contributed by atoms with Crippen LogP contribution in [-0.2, 0) is 6.54 Å². The SMILES string of the molecule is CCN(CC)C(CNC(=NC)NCc1ccc(N2CCN(C)CC2)nc1)c1ccccc1.I. The highest BCUT2D eigenvalue weighted by atomic mass is 127. The van der Waals surface area contributed by atoms with Gasteiger partial charge in [0.25, 0.3) is 0 Å². The maximum atomic E-state index is 4.69. The lowest BCUT2D eigenvalue weighted by Gasteiger charge is -2.33. The van der Waals surface area contributed by atoms with E-state index in [1.54, 1.807) is 0 Å². The maximum Gasteiger partial charge on any atom is 0.191 e. The van der Waals surface area contributed by atoms with Crippen LogP contribution < -0.4 is 15.5 Å². The van der Waals surface area contributed by atoms with Gasteiger partial charge in [0.1, 0.15) is 5.82 Å². The molecule has 0 bridgehead atoms. The molecule has 2 heterocycles. The van der Waals surface area contributed by atoms with Crippen LogP contribution in [0.3, 0.4) is 0 Å². The van der Waals surface area contributed by atoms with Crippen LogP contribution in [0.15, 0.2) is 53.7 Å². The van der Waals surface area contributed by atoms with Crippen molar-refractivity contribution in [3.8, 4) is 0 Å². The standard InChI is InChI=1S/C25H39N7.HI/c1-5-31(6-2)23(22-10-8-7-9-11-22)20-29-25(26-3)28-19-21-12-13-24(27-18-21)32-16-14-30(4)15-17-32;/h7-13,18,23H,5-6,14-17,19-20H2,1-4H3,(H2,26,28,29);1H. The molecule has 1 unspecified atom stereocenters. The van der Waals surface area contributed by atoms with Crippen molar-refractivity contribution in [3.05, 3.63) is 59.8 Å². The van der Waals surface area contributed by atoms with Crippen molar-refractivity contribution in [1.29, 1.82) is 0 Å². The second-order valence-corrected chi connectivity index (χ2v) is 8.27. The van der Waals surface area contributed by atoms with Crippen LogP contribution in [0, 0.1) is 0 Å². The van der Waals surface area contributed by atoms with E-state index in [4.69, 9.17) is 4.98 Å². The molecule has 182 valence electrons. The molecule has 0 amide bonds. The molecule has 1 aromatic carbocycles. The molecule has 8 heteroatoms. The number of aromatic nitrogens is 1. The second kappa shape index (κ2) is 14.4. The molecule has 2 aromatic rings. The van der Waals surface area contributed by atoms with E-state index < -0.39 is 0 Å². The number of nitrogens with one attached hydrogen (secondary N) is 2. The van der Waals surface area contributed by atoms with Crippen LogP contribution in [0.1, 0.15) is 31.0 Å². The van der Waals surface area contributed by atoms with Crippen LogP contribution in [0.25, 0.3) is 0 Å². The third-order valence-corrected chi connectivity index (χ3v) is 6.22. The number of likely N-dealkylation sites (N-methyl/N-ethyl adjacent to an activating group) is 2. The Labute approximate surface area is 216 Å². The summed E-state index contributed by atoms with van der Waals surface area (Å²) in [6.07, 6.45) is 1.97. The summed E-state index contributed by atoms with van der Waals surface area (Å²) < 4.78 is 0. The van der Waals surface area contributed by atoms with Crippen molar-refractivity contribution in [3.63, 3.8) is 0 Å². The fourth-order valence-corrected chi connectivity index (χ4v) is 4.14. The quantitative estimate of drug-likeness (QED) is 0.277. The Morgan fingerprint density at radius 3 is 2.30 bits per heavy atom. The van der Waals surface area contributed by atoms with Crippen molar-refractivity contribution >= 4 is 35.8 Å². The molecule has 1 aromatic heterocycles. The zero-order chi connectivity index (χ0) is 22.8. The first kappa shape index (κ1) is 27.3. The smallest absolute Gasteiger partial charge is 0.191 e. The van der Waals surface area contributed by atoms with E-state index in [0.29, 0.717) is 12.6 Å². The predicted octanol–water partition coefficient (Wildman–Crippen LogP) is 3.20. The molecule has 0 aliphatic carbocycles. The minimum atomic E-state index is 0. The summed E-state index contributed by atoms with van der Waals surface area (Å²) in [5.74, 6) is 1.87. The number of benzene rings is 1. The van der Waals surface area contributed by atoms with Crippen LogP contribution in [0.5, 0.6) is 0 Å².